The van der Waals surface area contributed by atoms with Crippen LogP contribution < -0.4 is 16.2 Å². The van der Waals surface area contributed by atoms with Gasteiger partial charge < -0.3 is 15.6 Å². The Labute approximate surface area is 92.3 Å². The highest BCUT2D eigenvalue weighted by atomic mass is 35.5. The summed E-state index contributed by atoms with van der Waals surface area (Å²) in [5.41, 5.74) is -0.315. The zero-order chi connectivity index (χ0) is 10.7. The van der Waals surface area contributed by atoms with Gasteiger partial charge in [-0.2, -0.15) is 0 Å². The van der Waals surface area contributed by atoms with Gasteiger partial charge in [-0.25, -0.2) is 4.98 Å². The van der Waals surface area contributed by atoms with Crippen LogP contribution in [0.3, 0.4) is 0 Å². The summed E-state index contributed by atoms with van der Waals surface area (Å²) >= 11 is 5.76. The second kappa shape index (κ2) is 4.63. The minimum atomic E-state index is -0.315. The molecule has 0 unspecified atom stereocenters. The number of anilines is 1. The number of hydrogen-bond donors (Lipinski definition) is 3. The van der Waals surface area contributed by atoms with Crippen LogP contribution in [0.15, 0.2) is 11.1 Å². The van der Waals surface area contributed by atoms with Crippen molar-refractivity contribution >= 4 is 17.4 Å². The number of halogens is 1. The van der Waals surface area contributed by atoms with E-state index in [1.807, 2.05) is 0 Å². The number of aromatic amines is 1. The van der Waals surface area contributed by atoms with E-state index in [1.165, 1.54) is 19.2 Å². The van der Waals surface area contributed by atoms with E-state index in [0.29, 0.717) is 18.4 Å². The molecule has 1 aromatic heterocycles. The standard InChI is InChI=1S/C9H13ClN4O/c10-7-8(13-5-14-9(7)15)12-4-3-11-6-1-2-6/h5-6,11H,1-4H2,(H2,12,13,14,15). The van der Waals surface area contributed by atoms with E-state index in [2.05, 4.69) is 20.6 Å². The van der Waals surface area contributed by atoms with Crippen LogP contribution in [0, 0.1) is 0 Å². The first-order valence-corrected chi connectivity index (χ1v) is 5.35. The molecule has 0 spiro atoms. The molecule has 5 nitrogen and oxygen atoms in total. The number of hydrogen-bond acceptors (Lipinski definition) is 4. The normalized spacial score (nSPS) is 15.3. The molecule has 3 N–H and O–H groups in total. The Hall–Kier alpha value is -1.07. The molecule has 1 fully saturated rings. The highest BCUT2D eigenvalue weighted by Crippen LogP contribution is 2.18. The molecule has 0 radical (unpaired) electrons. The summed E-state index contributed by atoms with van der Waals surface area (Å²) in [6.45, 7) is 1.57. The summed E-state index contributed by atoms with van der Waals surface area (Å²) in [7, 11) is 0. The van der Waals surface area contributed by atoms with Crippen LogP contribution in [0.1, 0.15) is 12.8 Å². The lowest BCUT2D eigenvalue weighted by Gasteiger charge is -2.06. The van der Waals surface area contributed by atoms with Gasteiger partial charge in [-0.1, -0.05) is 11.6 Å². The summed E-state index contributed by atoms with van der Waals surface area (Å²) in [5, 5.41) is 6.47. The van der Waals surface area contributed by atoms with Crippen molar-refractivity contribution < 1.29 is 0 Å². The van der Waals surface area contributed by atoms with Crippen molar-refractivity contribution in [2.24, 2.45) is 0 Å². The molecule has 0 aromatic carbocycles. The first kappa shape index (κ1) is 10.4. The summed E-state index contributed by atoms with van der Waals surface area (Å²) in [6.07, 6.45) is 3.87. The van der Waals surface area contributed by atoms with Crippen molar-refractivity contribution in [2.75, 3.05) is 18.4 Å². The van der Waals surface area contributed by atoms with Gasteiger partial charge in [0.15, 0.2) is 5.82 Å². The van der Waals surface area contributed by atoms with Gasteiger partial charge >= 0.3 is 0 Å². The first-order valence-electron chi connectivity index (χ1n) is 4.98. The summed E-state index contributed by atoms with van der Waals surface area (Å²) in [5.74, 6) is 0.443. The van der Waals surface area contributed by atoms with Crippen LogP contribution >= 0.6 is 11.6 Å². The van der Waals surface area contributed by atoms with Crippen LogP contribution in [0.5, 0.6) is 0 Å². The van der Waals surface area contributed by atoms with Gasteiger partial charge in [0.2, 0.25) is 0 Å². The van der Waals surface area contributed by atoms with Gasteiger partial charge in [0.25, 0.3) is 5.56 Å². The topological polar surface area (TPSA) is 69.8 Å². The van der Waals surface area contributed by atoms with Crippen molar-refractivity contribution in [1.82, 2.24) is 15.3 Å². The van der Waals surface area contributed by atoms with Crippen LogP contribution in [0.2, 0.25) is 5.02 Å². The number of aromatic nitrogens is 2. The average Bonchev–Trinajstić information content (AvgIpc) is 3.02. The predicted molar refractivity (Wildman–Crippen MR) is 59.4 cm³/mol. The maximum Gasteiger partial charge on any atom is 0.271 e. The largest absolute Gasteiger partial charge is 0.367 e. The molecule has 1 aromatic rings. The molecule has 82 valence electrons. The molecule has 0 atom stereocenters. The maximum atomic E-state index is 11.1. The zero-order valence-corrected chi connectivity index (χ0v) is 8.97. The predicted octanol–water partition coefficient (Wildman–Crippen LogP) is 0.587. The molecule has 0 saturated heterocycles. The van der Waals surface area contributed by atoms with Gasteiger partial charge in [-0.3, -0.25) is 4.79 Å². The maximum absolute atomic E-state index is 11.1. The quantitative estimate of drug-likeness (QED) is 0.645. The minimum absolute atomic E-state index is 0.115. The Kier molecular flexibility index (Phi) is 3.23. The van der Waals surface area contributed by atoms with E-state index in [1.54, 1.807) is 0 Å². The highest BCUT2D eigenvalue weighted by molar-refractivity contribution is 6.32. The third kappa shape index (κ3) is 2.94. The minimum Gasteiger partial charge on any atom is -0.367 e. The molecule has 2 rings (SSSR count). The van der Waals surface area contributed by atoms with Crippen molar-refractivity contribution in [3.05, 3.63) is 21.7 Å². The zero-order valence-electron chi connectivity index (χ0n) is 8.22. The molecule has 0 bridgehead atoms. The first-order chi connectivity index (χ1) is 7.27. The van der Waals surface area contributed by atoms with Crippen molar-refractivity contribution in [2.45, 2.75) is 18.9 Å². The second-order valence-corrected chi connectivity index (χ2v) is 3.93. The summed E-state index contributed by atoms with van der Waals surface area (Å²) in [6, 6.07) is 0.689. The summed E-state index contributed by atoms with van der Waals surface area (Å²) < 4.78 is 0. The van der Waals surface area contributed by atoms with Crippen molar-refractivity contribution in [3.63, 3.8) is 0 Å². The lowest BCUT2D eigenvalue weighted by Crippen LogP contribution is -2.24. The smallest absolute Gasteiger partial charge is 0.271 e. The molecule has 1 saturated carbocycles. The molecule has 0 amide bonds. The van der Waals surface area contributed by atoms with E-state index in [0.717, 1.165) is 6.54 Å². The monoisotopic (exact) mass is 228 g/mol. The number of rotatable bonds is 5. The van der Waals surface area contributed by atoms with Gasteiger partial charge in [0.05, 0.1) is 6.33 Å². The third-order valence-corrected chi connectivity index (χ3v) is 2.58. The molecule has 0 aliphatic heterocycles. The van der Waals surface area contributed by atoms with Gasteiger partial charge in [-0.05, 0) is 12.8 Å². The Morgan fingerprint density at radius 1 is 1.53 bits per heavy atom. The van der Waals surface area contributed by atoms with Crippen LogP contribution in [-0.4, -0.2) is 29.1 Å². The molecule has 1 heterocycles. The fraction of sp³-hybridized carbons (Fsp3) is 0.556. The Balaban J connectivity index is 1.81. The third-order valence-electron chi connectivity index (χ3n) is 2.22. The molecule has 15 heavy (non-hydrogen) atoms. The number of H-pyrrole nitrogens is 1. The van der Waals surface area contributed by atoms with Crippen LogP contribution in [-0.2, 0) is 0 Å². The molecular weight excluding hydrogens is 216 g/mol. The van der Waals surface area contributed by atoms with Gasteiger partial charge in [0, 0.05) is 19.1 Å². The molecule has 6 heteroatoms. The highest BCUT2D eigenvalue weighted by Gasteiger charge is 2.19. The van der Waals surface area contributed by atoms with Crippen LogP contribution in [0.25, 0.3) is 0 Å². The Morgan fingerprint density at radius 3 is 3.07 bits per heavy atom. The molecular formula is C9H13ClN4O. The molecule has 1 aliphatic rings. The van der Waals surface area contributed by atoms with Crippen molar-refractivity contribution in [3.8, 4) is 0 Å². The Morgan fingerprint density at radius 2 is 2.33 bits per heavy atom. The molecule has 1 aliphatic carbocycles. The summed E-state index contributed by atoms with van der Waals surface area (Å²) in [4.78, 5) is 17.5. The Bertz CT molecular complexity index is 388. The van der Waals surface area contributed by atoms with Crippen molar-refractivity contribution in [1.29, 1.82) is 0 Å². The fourth-order valence-electron chi connectivity index (χ4n) is 1.25. The lowest BCUT2D eigenvalue weighted by molar-refractivity contribution is 0.700. The van der Waals surface area contributed by atoms with Crippen LogP contribution in [0.4, 0.5) is 5.82 Å². The van der Waals surface area contributed by atoms with E-state index in [-0.39, 0.29) is 10.6 Å². The van der Waals surface area contributed by atoms with E-state index in [9.17, 15) is 4.79 Å². The second-order valence-electron chi connectivity index (χ2n) is 3.55. The number of nitrogens with one attached hydrogen (secondary N) is 3. The van der Waals surface area contributed by atoms with E-state index >= 15 is 0 Å². The lowest BCUT2D eigenvalue weighted by atomic mass is 10.5. The van der Waals surface area contributed by atoms with E-state index in [4.69, 9.17) is 11.6 Å². The van der Waals surface area contributed by atoms with E-state index < -0.39 is 0 Å². The average molecular weight is 229 g/mol. The fourth-order valence-corrected chi connectivity index (χ4v) is 1.42. The van der Waals surface area contributed by atoms with Gasteiger partial charge in [0.1, 0.15) is 5.02 Å². The SMILES string of the molecule is O=c1[nH]cnc(NCCNC2CC2)c1Cl. The van der Waals surface area contributed by atoms with Gasteiger partial charge in [-0.15, -0.1) is 0 Å². The number of nitrogens with zero attached hydrogens (tertiary/aromatic N) is 1.